The van der Waals surface area contributed by atoms with Crippen molar-refractivity contribution in [1.82, 2.24) is 4.98 Å². The van der Waals surface area contributed by atoms with E-state index in [0.717, 1.165) is 29.7 Å². The van der Waals surface area contributed by atoms with Gasteiger partial charge in [-0.2, -0.15) is 0 Å². The molecule has 1 aliphatic carbocycles. The molecule has 1 heterocycles. The number of anilines is 1. The van der Waals surface area contributed by atoms with Gasteiger partial charge in [0, 0.05) is 16.0 Å². The second-order valence-electron chi connectivity index (χ2n) is 6.87. The summed E-state index contributed by atoms with van der Waals surface area (Å²) in [6.45, 7) is 0.0756. The maximum Gasteiger partial charge on any atom is 0.309 e. The fourth-order valence-corrected chi connectivity index (χ4v) is 3.79. The Balaban J connectivity index is 1.54. The molecular formula is C22H19ClN2O3S. The van der Waals surface area contributed by atoms with Crippen LogP contribution in [0, 0.1) is 5.92 Å². The zero-order chi connectivity index (χ0) is 20.2. The Bertz CT molecular complexity index is 1000. The van der Waals surface area contributed by atoms with Crippen molar-refractivity contribution in [1.29, 1.82) is 0 Å². The summed E-state index contributed by atoms with van der Waals surface area (Å²) in [5.74, 6) is -0.624. The topological polar surface area (TPSA) is 59.5 Å². The van der Waals surface area contributed by atoms with Gasteiger partial charge in [-0.3, -0.25) is 14.5 Å². The molecule has 2 aromatic carbocycles. The van der Waals surface area contributed by atoms with Gasteiger partial charge in [0.25, 0.3) is 5.91 Å². The SMILES string of the molecule is O=C(OCC(=O)N(Cc1ccccc1)c1nc(-c2ccc(Cl)cc2)cs1)C1CC1. The molecule has 5 nitrogen and oxygen atoms in total. The average molecular weight is 427 g/mol. The second kappa shape index (κ2) is 8.76. The lowest BCUT2D eigenvalue weighted by atomic mass is 10.2. The minimum atomic E-state index is -0.293. The van der Waals surface area contributed by atoms with Gasteiger partial charge in [0.05, 0.1) is 18.2 Å². The molecule has 0 radical (unpaired) electrons. The monoisotopic (exact) mass is 426 g/mol. The Kier molecular flexibility index (Phi) is 5.92. The van der Waals surface area contributed by atoms with Crippen LogP contribution in [0.3, 0.4) is 0 Å². The molecule has 7 heteroatoms. The highest BCUT2D eigenvalue weighted by atomic mass is 35.5. The second-order valence-corrected chi connectivity index (χ2v) is 8.14. The maximum absolute atomic E-state index is 12.9. The van der Waals surface area contributed by atoms with E-state index >= 15 is 0 Å². The number of hydrogen-bond acceptors (Lipinski definition) is 5. The van der Waals surface area contributed by atoms with E-state index in [9.17, 15) is 9.59 Å². The Morgan fingerprint density at radius 2 is 1.83 bits per heavy atom. The first-order valence-electron chi connectivity index (χ1n) is 9.32. The molecule has 0 spiro atoms. The van der Waals surface area contributed by atoms with Gasteiger partial charge in [-0.05, 0) is 30.5 Å². The summed E-state index contributed by atoms with van der Waals surface area (Å²) in [5.41, 5.74) is 2.66. The molecule has 0 unspecified atom stereocenters. The van der Waals surface area contributed by atoms with E-state index in [-0.39, 0.29) is 24.4 Å². The molecule has 1 saturated carbocycles. The van der Waals surface area contributed by atoms with Crippen molar-refractivity contribution in [2.45, 2.75) is 19.4 Å². The Morgan fingerprint density at radius 1 is 1.10 bits per heavy atom. The van der Waals surface area contributed by atoms with Gasteiger partial charge < -0.3 is 4.74 Å². The zero-order valence-electron chi connectivity index (χ0n) is 15.6. The molecule has 0 saturated heterocycles. The summed E-state index contributed by atoms with van der Waals surface area (Å²) in [7, 11) is 0. The number of hydrogen-bond donors (Lipinski definition) is 0. The van der Waals surface area contributed by atoms with Crippen molar-refractivity contribution < 1.29 is 14.3 Å². The highest BCUT2D eigenvalue weighted by molar-refractivity contribution is 7.14. The van der Waals surface area contributed by atoms with Crippen LogP contribution in [-0.4, -0.2) is 23.5 Å². The van der Waals surface area contributed by atoms with Crippen molar-refractivity contribution in [3.8, 4) is 11.3 Å². The molecule has 1 aliphatic rings. The lowest BCUT2D eigenvalue weighted by molar-refractivity contribution is -0.149. The summed E-state index contributed by atoms with van der Waals surface area (Å²) in [6.07, 6.45) is 1.69. The van der Waals surface area contributed by atoms with Crippen LogP contribution < -0.4 is 4.90 Å². The summed E-state index contributed by atoms with van der Waals surface area (Å²) in [5, 5.41) is 3.12. The average Bonchev–Trinajstić information content (AvgIpc) is 3.49. The minimum Gasteiger partial charge on any atom is -0.455 e. The maximum atomic E-state index is 12.9. The number of rotatable bonds is 7. The van der Waals surface area contributed by atoms with Crippen LogP contribution in [0.15, 0.2) is 60.0 Å². The van der Waals surface area contributed by atoms with Crippen molar-refractivity contribution in [2.75, 3.05) is 11.5 Å². The fraction of sp³-hybridized carbons (Fsp3) is 0.227. The minimum absolute atomic E-state index is 0.0401. The van der Waals surface area contributed by atoms with Crippen LogP contribution in [-0.2, 0) is 20.9 Å². The molecule has 1 fully saturated rings. The molecule has 0 atom stereocenters. The highest BCUT2D eigenvalue weighted by Gasteiger charge is 2.32. The molecular weight excluding hydrogens is 408 g/mol. The Hall–Kier alpha value is -2.70. The quantitative estimate of drug-likeness (QED) is 0.501. The lowest BCUT2D eigenvalue weighted by Gasteiger charge is -2.20. The number of nitrogens with zero attached hydrogens (tertiary/aromatic N) is 2. The third kappa shape index (κ3) is 5.02. The van der Waals surface area contributed by atoms with Gasteiger partial charge in [-0.25, -0.2) is 4.98 Å². The molecule has 148 valence electrons. The number of esters is 1. The first kappa shape index (κ1) is 19.6. The summed E-state index contributed by atoms with van der Waals surface area (Å²) in [4.78, 5) is 30.9. The summed E-state index contributed by atoms with van der Waals surface area (Å²) in [6, 6.07) is 17.1. The molecule has 29 heavy (non-hydrogen) atoms. The molecule has 0 aliphatic heterocycles. The van der Waals surface area contributed by atoms with Gasteiger partial charge in [0.2, 0.25) is 0 Å². The lowest BCUT2D eigenvalue weighted by Crippen LogP contribution is -2.34. The predicted octanol–water partition coefficient (Wildman–Crippen LogP) is 4.95. The smallest absolute Gasteiger partial charge is 0.309 e. The van der Waals surface area contributed by atoms with Crippen molar-refractivity contribution in [2.24, 2.45) is 5.92 Å². The van der Waals surface area contributed by atoms with E-state index in [0.29, 0.717) is 16.7 Å². The van der Waals surface area contributed by atoms with Crippen LogP contribution in [0.1, 0.15) is 18.4 Å². The number of amides is 1. The number of halogens is 1. The van der Waals surface area contributed by atoms with Crippen LogP contribution in [0.4, 0.5) is 5.13 Å². The molecule has 1 aromatic heterocycles. The third-order valence-electron chi connectivity index (χ3n) is 4.60. The molecule has 0 N–H and O–H groups in total. The van der Waals surface area contributed by atoms with Crippen LogP contribution in [0.2, 0.25) is 5.02 Å². The van der Waals surface area contributed by atoms with Gasteiger partial charge in [-0.15, -0.1) is 11.3 Å². The van der Waals surface area contributed by atoms with Crippen LogP contribution >= 0.6 is 22.9 Å². The number of benzene rings is 2. The third-order valence-corrected chi connectivity index (χ3v) is 5.71. The number of aromatic nitrogens is 1. The van der Waals surface area contributed by atoms with Crippen molar-refractivity contribution in [3.05, 3.63) is 70.6 Å². The van der Waals surface area contributed by atoms with Gasteiger partial charge in [0.1, 0.15) is 0 Å². The highest BCUT2D eigenvalue weighted by Crippen LogP contribution is 2.31. The number of ether oxygens (including phenoxy) is 1. The van der Waals surface area contributed by atoms with Crippen LogP contribution in [0.25, 0.3) is 11.3 Å². The number of carbonyl (C=O) groups excluding carboxylic acids is 2. The Labute approximate surface area is 177 Å². The van der Waals surface area contributed by atoms with E-state index in [1.165, 1.54) is 11.3 Å². The largest absolute Gasteiger partial charge is 0.455 e. The fourth-order valence-electron chi connectivity index (χ4n) is 2.82. The van der Waals surface area contributed by atoms with Crippen molar-refractivity contribution in [3.63, 3.8) is 0 Å². The zero-order valence-corrected chi connectivity index (χ0v) is 17.2. The summed E-state index contributed by atoms with van der Waals surface area (Å²) < 4.78 is 5.20. The van der Waals surface area contributed by atoms with Crippen molar-refractivity contribution >= 4 is 39.9 Å². The van der Waals surface area contributed by atoms with E-state index in [1.807, 2.05) is 47.8 Å². The van der Waals surface area contributed by atoms with Gasteiger partial charge in [0.15, 0.2) is 11.7 Å². The molecule has 3 aromatic rings. The van der Waals surface area contributed by atoms with Crippen LogP contribution in [0.5, 0.6) is 0 Å². The first-order valence-corrected chi connectivity index (χ1v) is 10.6. The van der Waals surface area contributed by atoms with E-state index in [4.69, 9.17) is 16.3 Å². The number of carbonyl (C=O) groups is 2. The normalized spacial score (nSPS) is 13.1. The first-order chi connectivity index (χ1) is 14.1. The number of thiazole rings is 1. The molecule has 1 amide bonds. The summed E-state index contributed by atoms with van der Waals surface area (Å²) >= 11 is 7.34. The standard InChI is InChI=1S/C22H19ClN2O3S/c23-18-10-8-16(9-11-18)19-14-29-22(24-19)25(12-15-4-2-1-3-5-15)20(26)13-28-21(27)17-6-7-17/h1-5,8-11,14,17H,6-7,12-13H2. The molecule has 0 bridgehead atoms. The predicted molar refractivity (Wildman–Crippen MR) is 114 cm³/mol. The van der Waals surface area contributed by atoms with E-state index < -0.39 is 0 Å². The van der Waals surface area contributed by atoms with E-state index in [1.54, 1.807) is 17.0 Å². The van der Waals surface area contributed by atoms with E-state index in [2.05, 4.69) is 4.98 Å². The van der Waals surface area contributed by atoms with Gasteiger partial charge in [-0.1, -0.05) is 54.1 Å². The van der Waals surface area contributed by atoms with Gasteiger partial charge >= 0.3 is 5.97 Å². The molecule has 4 rings (SSSR count). The Morgan fingerprint density at radius 3 is 2.52 bits per heavy atom.